The maximum absolute atomic E-state index is 9.55. The molecule has 0 aromatic carbocycles. The van der Waals surface area contributed by atoms with E-state index >= 15 is 0 Å². The highest BCUT2D eigenvalue weighted by Gasteiger charge is 2.17. The van der Waals surface area contributed by atoms with Crippen molar-refractivity contribution >= 4 is 0 Å². The molecule has 1 rings (SSSR count). The molecule has 0 saturated heterocycles. The third-order valence-electron chi connectivity index (χ3n) is 2.42. The Balaban J connectivity index is 2.97. The highest BCUT2D eigenvalue weighted by Crippen LogP contribution is 2.23. The third-order valence-corrected chi connectivity index (χ3v) is 2.42. The molecule has 0 fully saturated rings. The van der Waals surface area contributed by atoms with Gasteiger partial charge in [-0.1, -0.05) is 13.0 Å². The van der Waals surface area contributed by atoms with Gasteiger partial charge in [-0.05, 0) is 31.9 Å². The van der Waals surface area contributed by atoms with Crippen LogP contribution in [0, 0.1) is 6.92 Å². The average molecular weight is 179 g/mol. The molecule has 0 spiro atoms. The van der Waals surface area contributed by atoms with Crippen molar-refractivity contribution in [2.75, 3.05) is 0 Å². The number of pyridine rings is 1. The van der Waals surface area contributed by atoms with Crippen LogP contribution in [0.1, 0.15) is 37.4 Å². The minimum atomic E-state index is -0.321. The minimum Gasteiger partial charge on any atom is -0.393 e. The van der Waals surface area contributed by atoms with Crippen LogP contribution in [0.5, 0.6) is 0 Å². The zero-order chi connectivity index (χ0) is 9.84. The quantitative estimate of drug-likeness (QED) is 0.772. The summed E-state index contributed by atoms with van der Waals surface area (Å²) in [7, 11) is 0. The number of hydrogen-bond acceptors (Lipinski definition) is 2. The van der Waals surface area contributed by atoms with Crippen LogP contribution in [0.2, 0.25) is 0 Å². The van der Waals surface area contributed by atoms with E-state index in [-0.39, 0.29) is 12.0 Å². The monoisotopic (exact) mass is 179 g/mol. The summed E-state index contributed by atoms with van der Waals surface area (Å²) in [5.41, 5.74) is 2.19. The van der Waals surface area contributed by atoms with E-state index in [1.54, 1.807) is 6.20 Å². The van der Waals surface area contributed by atoms with Crippen LogP contribution in [0.25, 0.3) is 0 Å². The van der Waals surface area contributed by atoms with Gasteiger partial charge in [-0.3, -0.25) is 4.98 Å². The number of aryl methyl sites for hydroxylation is 1. The van der Waals surface area contributed by atoms with E-state index in [4.69, 9.17) is 0 Å². The number of nitrogens with zero attached hydrogens (tertiary/aromatic N) is 1. The van der Waals surface area contributed by atoms with Gasteiger partial charge in [0.2, 0.25) is 0 Å². The standard InChI is InChI=1S/C11H17NO/c1-4-10(9(3)13)11-8(2)6-5-7-12-11/h5-7,9-10,13H,4H2,1-3H3. The van der Waals surface area contributed by atoms with Crippen LogP contribution in [-0.4, -0.2) is 16.2 Å². The summed E-state index contributed by atoms with van der Waals surface area (Å²) in [6, 6.07) is 3.96. The van der Waals surface area contributed by atoms with E-state index in [9.17, 15) is 5.11 Å². The molecular weight excluding hydrogens is 162 g/mol. The number of hydrogen-bond donors (Lipinski definition) is 1. The van der Waals surface area contributed by atoms with Crippen LogP contribution in [0.15, 0.2) is 18.3 Å². The summed E-state index contributed by atoms with van der Waals surface area (Å²) in [6.45, 7) is 5.93. The fraction of sp³-hybridized carbons (Fsp3) is 0.545. The lowest BCUT2D eigenvalue weighted by atomic mass is 9.93. The van der Waals surface area contributed by atoms with Crippen LogP contribution in [0.3, 0.4) is 0 Å². The molecule has 2 unspecified atom stereocenters. The Labute approximate surface area is 79.6 Å². The Hall–Kier alpha value is -0.890. The van der Waals surface area contributed by atoms with Crippen molar-refractivity contribution in [3.05, 3.63) is 29.6 Å². The van der Waals surface area contributed by atoms with Gasteiger partial charge < -0.3 is 5.11 Å². The molecule has 0 aliphatic heterocycles. The van der Waals surface area contributed by atoms with Crippen molar-refractivity contribution in [3.8, 4) is 0 Å². The molecule has 0 saturated carbocycles. The number of aliphatic hydroxyl groups is 1. The Bertz CT molecular complexity index is 271. The molecule has 1 aromatic rings. The predicted molar refractivity (Wildman–Crippen MR) is 53.7 cm³/mol. The first-order valence-corrected chi connectivity index (χ1v) is 4.76. The highest BCUT2D eigenvalue weighted by molar-refractivity contribution is 5.22. The molecular formula is C11H17NO. The summed E-state index contributed by atoms with van der Waals surface area (Å²) >= 11 is 0. The summed E-state index contributed by atoms with van der Waals surface area (Å²) in [5, 5.41) is 9.55. The lowest BCUT2D eigenvalue weighted by Gasteiger charge is -2.18. The molecule has 13 heavy (non-hydrogen) atoms. The van der Waals surface area contributed by atoms with E-state index in [0.29, 0.717) is 0 Å². The summed E-state index contributed by atoms with van der Waals surface area (Å²) in [4.78, 5) is 4.31. The number of rotatable bonds is 3. The summed E-state index contributed by atoms with van der Waals surface area (Å²) in [6.07, 6.45) is 2.39. The van der Waals surface area contributed by atoms with Gasteiger partial charge in [0, 0.05) is 17.8 Å². The second-order valence-electron chi connectivity index (χ2n) is 3.46. The molecule has 72 valence electrons. The van der Waals surface area contributed by atoms with Crippen molar-refractivity contribution in [2.24, 2.45) is 0 Å². The van der Waals surface area contributed by atoms with Gasteiger partial charge in [0.05, 0.1) is 6.10 Å². The normalized spacial score (nSPS) is 15.4. The average Bonchev–Trinajstić information content (AvgIpc) is 2.09. The van der Waals surface area contributed by atoms with E-state index in [1.165, 1.54) is 0 Å². The third kappa shape index (κ3) is 2.28. The first kappa shape index (κ1) is 10.2. The van der Waals surface area contributed by atoms with Gasteiger partial charge in [0.25, 0.3) is 0 Å². The molecule has 0 amide bonds. The van der Waals surface area contributed by atoms with Gasteiger partial charge in [-0.25, -0.2) is 0 Å². The zero-order valence-electron chi connectivity index (χ0n) is 8.49. The minimum absolute atomic E-state index is 0.168. The van der Waals surface area contributed by atoms with Gasteiger partial charge in [-0.2, -0.15) is 0 Å². The zero-order valence-corrected chi connectivity index (χ0v) is 8.49. The van der Waals surface area contributed by atoms with E-state index in [2.05, 4.69) is 11.9 Å². The van der Waals surface area contributed by atoms with Crippen molar-refractivity contribution in [1.82, 2.24) is 4.98 Å². The van der Waals surface area contributed by atoms with Crippen LogP contribution < -0.4 is 0 Å². The largest absolute Gasteiger partial charge is 0.393 e. The van der Waals surface area contributed by atoms with Gasteiger partial charge in [-0.15, -0.1) is 0 Å². The molecule has 0 aliphatic carbocycles. The highest BCUT2D eigenvalue weighted by atomic mass is 16.3. The topological polar surface area (TPSA) is 33.1 Å². The van der Waals surface area contributed by atoms with Crippen LogP contribution in [-0.2, 0) is 0 Å². The lowest BCUT2D eigenvalue weighted by Crippen LogP contribution is -2.16. The SMILES string of the molecule is CCC(c1ncccc1C)C(C)O. The molecule has 1 N–H and O–H groups in total. The Morgan fingerprint density at radius 3 is 2.69 bits per heavy atom. The van der Waals surface area contributed by atoms with E-state index in [1.807, 2.05) is 26.0 Å². The van der Waals surface area contributed by atoms with E-state index < -0.39 is 0 Å². The van der Waals surface area contributed by atoms with Crippen molar-refractivity contribution in [3.63, 3.8) is 0 Å². The first-order chi connectivity index (χ1) is 6.16. The lowest BCUT2D eigenvalue weighted by molar-refractivity contribution is 0.157. The van der Waals surface area contributed by atoms with Gasteiger partial charge in [0.1, 0.15) is 0 Å². The molecule has 2 heteroatoms. The van der Waals surface area contributed by atoms with Crippen LogP contribution in [0.4, 0.5) is 0 Å². The van der Waals surface area contributed by atoms with Gasteiger partial charge in [0.15, 0.2) is 0 Å². The molecule has 2 atom stereocenters. The van der Waals surface area contributed by atoms with Crippen molar-refractivity contribution < 1.29 is 5.11 Å². The second-order valence-corrected chi connectivity index (χ2v) is 3.46. The molecule has 0 aliphatic rings. The fourth-order valence-electron chi connectivity index (χ4n) is 1.65. The summed E-state index contributed by atoms with van der Waals surface area (Å²) in [5.74, 6) is 0.168. The molecule has 1 heterocycles. The Morgan fingerprint density at radius 2 is 2.23 bits per heavy atom. The smallest absolute Gasteiger partial charge is 0.0595 e. The van der Waals surface area contributed by atoms with Crippen molar-refractivity contribution in [2.45, 2.75) is 39.2 Å². The second kappa shape index (κ2) is 4.38. The maximum Gasteiger partial charge on any atom is 0.0595 e. The predicted octanol–water partition coefficient (Wildman–Crippen LogP) is 2.26. The Kier molecular flexibility index (Phi) is 3.43. The maximum atomic E-state index is 9.55. The molecule has 0 radical (unpaired) electrons. The molecule has 0 bridgehead atoms. The first-order valence-electron chi connectivity index (χ1n) is 4.76. The summed E-state index contributed by atoms with van der Waals surface area (Å²) < 4.78 is 0. The molecule has 2 nitrogen and oxygen atoms in total. The number of aromatic nitrogens is 1. The van der Waals surface area contributed by atoms with Gasteiger partial charge >= 0.3 is 0 Å². The van der Waals surface area contributed by atoms with Crippen molar-refractivity contribution in [1.29, 1.82) is 0 Å². The molecule has 1 aromatic heterocycles. The van der Waals surface area contributed by atoms with Crippen LogP contribution >= 0.6 is 0 Å². The Morgan fingerprint density at radius 1 is 1.54 bits per heavy atom. The fourth-order valence-corrected chi connectivity index (χ4v) is 1.65. The van der Waals surface area contributed by atoms with E-state index in [0.717, 1.165) is 17.7 Å². The number of aliphatic hydroxyl groups excluding tert-OH is 1.